The molecule has 55 heavy (non-hydrogen) atoms. The third-order valence-corrected chi connectivity index (χ3v) is 11.9. The summed E-state index contributed by atoms with van der Waals surface area (Å²) in [5, 5.41) is 4.99. The van der Waals surface area contributed by atoms with Crippen LogP contribution in [-0.2, 0) is 6.42 Å². The Kier molecular flexibility index (Phi) is 7.25. The van der Waals surface area contributed by atoms with Crippen LogP contribution in [0.1, 0.15) is 34.6 Å². The number of rotatable bonds is 5. The number of anilines is 2. The van der Waals surface area contributed by atoms with Crippen LogP contribution in [-0.4, -0.2) is 4.57 Å². The summed E-state index contributed by atoms with van der Waals surface area (Å²) in [6.07, 6.45) is 13.3. The predicted molar refractivity (Wildman–Crippen MR) is 233 cm³/mol. The van der Waals surface area contributed by atoms with Crippen molar-refractivity contribution in [3.05, 3.63) is 223 Å². The standard InChI is InChI=1S/C53H38N2/c1-2-35(26-28-39-32-38-15-4-11-23-50(38)54(39)51-25-13-16-36-14-3-5-17-41(36)51)37-27-31-53-49(33-37)47-22-10-12-24-52(47)55(53)40-29-30-46-44-20-7-6-18-42(44)43-19-8-9-21-45(43)48(46)34-40/h2-29,31,33-34,46H,1,30,32H2/b35-26+,39-28+. The monoisotopic (exact) mass is 702 g/mol. The molecular weight excluding hydrogens is 665 g/mol. The quantitative estimate of drug-likeness (QED) is 0.162. The van der Waals surface area contributed by atoms with Crippen molar-refractivity contribution in [1.82, 2.24) is 4.57 Å². The van der Waals surface area contributed by atoms with E-state index >= 15 is 0 Å². The molecule has 260 valence electrons. The Labute approximate surface area is 321 Å². The molecule has 3 aliphatic rings. The summed E-state index contributed by atoms with van der Waals surface area (Å²) in [6, 6.07) is 57.7. The average molecular weight is 703 g/mol. The Hall–Kier alpha value is -6.90. The molecule has 0 saturated heterocycles. The fraction of sp³-hybridized carbons (Fsp3) is 0.0566. The van der Waals surface area contributed by atoms with Gasteiger partial charge in [-0.05, 0) is 98.8 Å². The van der Waals surface area contributed by atoms with E-state index in [1.807, 2.05) is 6.08 Å². The Bertz CT molecular complexity index is 3010. The first-order chi connectivity index (χ1) is 27.2. The van der Waals surface area contributed by atoms with E-state index in [0.29, 0.717) is 5.92 Å². The zero-order chi connectivity index (χ0) is 36.5. The molecule has 1 aliphatic heterocycles. The highest BCUT2D eigenvalue weighted by Gasteiger charge is 2.31. The van der Waals surface area contributed by atoms with Crippen molar-refractivity contribution in [2.45, 2.75) is 18.8 Å². The highest BCUT2D eigenvalue weighted by molar-refractivity contribution is 6.12. The van der Waals surface area contributed by atoms with Gasteiger partial charge in [-0.1, -0.05) is 152 Å². The lowest BCUT2D eigenvalue weighted by Crippen LogP contribution is -2.13. The van der Waals surface area contributed by atoms with Crippen molar-refractivity contribution < 1.29 is 0 Å². The first-order valence-electron chi connectivity index (χ1n) is 19.3. The van der Waals surface area contributed by atoms with Crippen molar-refractivity contribution in [2.24, 2.45) is 0 Å². The molecule has 0 spiro atoms. The molecule has 0 bridgehead atoms. The molecule has 0 fully saturated rings. The van der Waals surface area contributed by atoms with Crippen LogP contribution in [0.15, 0.2) is 200 Å². The molecule has 2 aliphatic carbocycles. The van der Waals surface area contributed by atoms with Gasteiger partial charge in [0.05, 0.1) is 16.7 Å². The second-order valence-electron chi connectivity index (χ2n) is 14.9. The molecule has 0 radical (unpaired) electrons. The van der Waals surface area contributed by atoms with Crippen molar-refractivity contribution in [2.75, 3.05) is 4.90 Å². The van der Waals surface area contributed by atoms with Crippen LogP contribution in [0.2, 0.25) is 0 Å². The van der Waals surface area contributed by atoms with E-state index in [0.717, 1.165) is 24.0 Å². The normalized spacial score (nSPS) is 16.8. The molecule has 2 nitrogen and oxygen atoms in total. The highest BCUT2D eigenvalue weighted by Crippen LogP contribution is 2.51. The minimum absolute atomic E-state index is 0.355. The van der Waals surface area contributed by atoms with Crippen molar-refractivity contribution in [3.63, 3.8) is 0 Å². The number of fused-ring (bicyclic) bond motifs is 11. The third-order valence-electron chi connectivity index (χ3n) is 11.9. The maximum atomic E-state index is 4.30. The lowest BCUT2D eigenvalue weighted by atomic mass is 9.72. The first kappa shape index (κ1) is 31.6. The molecule has 11 rings (SSSR count). The number of aromatic nitrogens is 1. The fourth-order valence-corrected chi connectivity index (χ4v) is 9.44. The summed E-state index contributed by atoms with van der Waals surface area (Å²) in [7, 11) is 0. The number of allylic oxidation sites excluding steroid dienone is 9. The molecule has 7 aromatic carbocycles. The number of hydrogen-bond donors (Lipinski definition) is 0. The van der Waals surface area contributed by atoms with Gasteiger partial charge in [0.2, 0.25) is 0 Å². The number of para-hydroxylation sites is 2. The van der Waals surface area contributed by atoms with Gasteiger partial charge in [0.1, 0.15) is 0 Å². The van der Waals surface area contributed by atoms with Crippen molar-refractivity contribution in [1.29, 1.82) is 0 Å². The van der Waals surface area contributed by atoms with Gasteiger partial charge in [-0.15, -0.1) is 0 Å². The Morgan fingerprint density at radius 1 is 0.618 bits per heavy atom. The lowest BCUT2D eigenvalue weighted by Gasteiger charge is -2.33. The zero-order valence-electron chi connectivity index (χ0n) is 30.5. The summed E-state index contributed by atoms with van der Waals surface area (Å²) >= 11 is 0. The van der Waals surface area contributed by atoms with Crippen LogP contribution < -0.4 is 4.90 Å². The van der Waals surface area contributed by atoms with Crippen LogP contribution >= 0.6 is 0 Å². The SMILES string of the molecule is C=C/C(=C\C=C1/Cc2ccccc2N1c1cccc2ccccc12)c1ccc2c(c1)c1ccccc1n2C1=CCC2C(=C1)c1ccccc1-c1ccccc12. The van der Waals surface area contributed by atoms with Crippen LogP contribution in [0.5, 0.6) is 0 Å². The second kappa shape index (κ2) is 12.6. The van der Waals surface area contributed by atoms with Crippen molar-refractivity contribution >= 4 is 60.8 Å². The third kappa shape index (κ3) is 4.95. The molecule has 1 atom stereocenters. The molecular formula is C53H38N2. The smallest absolute Gasteiger partial charge is 0.0541 e. The summed E-state index contributed by atoms with van der Waals surface area (Å²) in [6.45, 7) is 4.30. The Morgan fingerprint density at radius 3 is 2.24 bits per heavy atom. The molecule has 1 unspecified atom stereocenters. The molecule has 1 aromatic heterocycles. The maximum Gasteiger partial charge on any atom is 0.0541 e. The lowest BCUT2D eigenvalue weighted by molar-refractivity contribution is 0.864. The van der Waals surface area contributed by atoms with Crippen LogP contribution in [0.3, 0.4) is 0 Å². The number of hydrogen-bond acceptors (Lipinski definition) is 1. The first-order valence-corrected chi connectivity index (χ1v) is 19.3. The molecule has 8 aromatic rings. The minimum Gasteiger partial charge on any atom is -0.313 e. The van der Waals surface area contributed by atoms with Gasteiger partial charge in [0, 0.05) is 45.6 Å². The van der Waals surface area contributed by atoms with E-state index in [-0.39, 0.29) is 0 Å². The number of nitrogens with zero attached hydrogens (tertiary/aromatic N) is 2. The summed E-state index contributed by atoms with van der Waals surface area (Å²) in [5.41, 5.74) is 17.8. The van der Waals surface area contributed by atoms with E-state index < -0.39 is 0 Å². The highest BCUT2D eigenvalue weighted by atomic mass is 15.2. The van der Waals surface area contributed by atoms with E-state index in [1.165, 1.54) is 88.7 Å². The largest absolute Gasteiger partial charge is 0.313 e. The Balaban J connectivity index is 1.01. The second-order valence-corrected chi connectivity index (χ2v) is 14.9. The van der Waals surface area contributed by atoms with E-state index in [4.69, 9.17) is 0 Å². The maximum absolute atomic E-state index is 4.30. The Morgan fingerprint density at radius 2 is 1.33 bits per heavy atom. The van der Waals surface area contributed by atoms with Crippen LogP contribution in [0.4, 0.5) is 11.4 Å². The topological polar surface area (TPSA) is 8.17 Å². The van der Waals surface area contributed by atoms with Crippen molar-refractivity contribution in [3.8, 4) is 11.1 Å². The molecule has 0 saturated carbocycles. The van der Waals surface area contributed by atoms with Crippen LogP contribution in [0, 0.1) is 0 Å². The van der Waals surface area contributed by atoms with Gasteiger partial charge in [0.15, 0.2) is 0 Å². The summed E-state index contributed by atoms with van der Waals surface area (Å²) in [5.74, 6) is 0.355. The van der Waals surface area contributed by atoms with Gasteiger partial charge in [-0.25, -0.2) is 0 Å². The molecule has 2 heterocycles. The van der Waals surface area contributed by atoms with E-state index in [1.54, 1.807) is 0 Å². The van der Waals surface area contributed by atoms with Gasteiger partial charge in [-0.2, -0.15) is 0 Å². The molecule has 0 N–H and O–H groups in total. The number of benzene rings is 7. The van der Waals surface area contributed by atoms with Gasteiger partial charge in [-0.3, -0.25) is 0 Å². The summed E-state index contributed by atoms with van der Waals surface area (Å²) in [4.78, 5) is 2.44. The average Bonchev–Trinajstić information content (AvgIpc) is 3.79. The summed E-state index contributed by atoms with van der Waals surface area (Å²) < 4.78 is 2.47. The molecule has 2 heteroatoms. The molecule has 0 amide bonds. The van der Waals surface area contributed by atoms with Gasteiger partial charge < -0.3 is 9.47 Å². The van der Waals surface area contributed by atoms with Gasteiger partial charge >= 0.3 is 0 Å². The predicted octanol–water partition coefficient (Wildman–Crippen LogP) is 13.9. The fourth-order valence-electron chi connectivity index (χ4n) is 9.44. The van der Waals surface area contributed by atoms with E-state index in [2.05, 4.69) is 198 Å². The van der Waals surface area contributed by atoms with Crippen LogP contribution in [0.25, 0.3) is 60.5 Å². The zero-order valence-corrected chi connectivity index (χ0v) is 30.5. The minimum atomic E-state index is 0.355. The van der Waals surface area contributed by atoms with E-state index in [9.17, 15) is 0 Å². The van der Waals surface area contributed by atoms with Gasteiger partial charge in [0.25, 0.3) is 0 Å².